The van der Waals surface area contributed by atoms with Crippen molar-refractivity contribution < 1.29 is 9.84 Å². The lowest BCUT2D eigenvalue weighted by Gasteiger charge is -2.21. The van der Waals surface area contributed by atoms with Crippen molar-refractivity contribution in [3.8, 4) is 5.75 Å². The van der Waals surface area contributed by atoms with Crippen LogP contribution in [0.5, 0.6) is 5.75 Å². The lowest BCUT2D eigenvalue weighted by atomic mass is 10.2. The molecule has 0 aliphatic rings. The molecule has 6 heteroatoms. The van der Waals surface area contributed by atoms with Gasteiger partial charge in [0.25, 0.3) is 0 Å². The minimum Gasteiger partial charge on any atom is -0.496 e. The van der Waals surface area contributed by atoms with Gasteiger partial charge in [0.05, 0.1) is 13.7 Å². The van der Waals surface area contributed by atoms with E-state index >= 15 is 0 Å². The molecule has 0 fully saturated rings. The summed E-state index contributed by atoms with van der Waals surface area (Å²) in [6, 6.07) is 7.90. The SMILES string of the molecule is COc1ccccc1CN(CCO)Cc1cnc(Cl)s1. The molecule has 0 atom stereocenters. The fraction of sp³-hybridized carbons (Fsp3) is 0.357. The summed E-state index contributed by atoms with van der Waals surface area (Å²) in [5, 5.41) is 9.21. The Bertz CT molecular complexity index is 547. The molecular formula is C14H17ClN2O2S. The highest BCUT2D eigenvalue weighted by molar-refractivity contribution is 7.15. The molecule has 2 aromatic rings. The minimum absolute atomic E-state index is 0.113. The third-order valence-electron chi connectivity index (χ3n) is 2.91. The summed E-state index contributed by atoms with van der Waals surface area (Å²) in [4.78, 5) is 7.26. The van der Waals surface area contributed by atoms with E-state index in [-0.39, 0.29) is 6.61 Å². The fourth-order valence-electron chi connectivity index (χ4n) is 2.01. The number of ether oxygens (including phenoxy) is 1. The van der Waals surface area contributed by atoms with E-state index in [4.69, 9.17) is 16.3 Å². The predicted octanol–water partition coefficient (Wildman–Crippen LogP) is 2.80. The Morgan fingerprint density at radius 2 is 2.15 bits per heavy atom. The normalized spacial score (nSPS) is 11.0. The van der Waals surface area contributed by atoms with Crippen LogP contribution in [0.25, 0.3) is 0 Å². The van der Waals surface area contributed by atoms with Gasteiger partial charge in [0.15, 0.2) is 4.47 Å². The molecular weight excluding hydrogens is 296 g/mol. The number of hydrogen-bond donors (Lipinski definition) is 1. The second-order valence-electron chi connectivity index (χ2n) is 4.33. The lowest BCUT2D eigenvalue weighted by Crippen LogP contribution is -2.25. The van der Waals surface area contributed by atoms with Crippen molar-refractivity contribution in [3.05, 3.63) is 45.4 Å². The van der Waals surface area contributed by atoms with Crippen LogP contribution in [0.4, 0.5) is 0 Å². The van der Waals surface area contributed by atoms with Gasteiger partial charge in [-0.05, 0) is 6.07 Å². The van der Waals surface area contributed by atoms with Crippen LogP contribution in [0.15, 0.2) is 30.5 Å². The van der Waals surface area contributed by atoms with Crippen molar-refractivity contribution in [2.45, 2.75) is 13.1 Å². The maximum atomic E-state index is 9.21. The van der Waals surface area contributed by atoms with Gasteiger partial charge in [-0.3, -0.25) is 4.90 Å². The van der Waals surface area contributed by atoms with Gasteiger partial charge in [-0.2, -0.15) is 0 Å². The topological polar surface area (TPSA) is 45.6 Å². The number of thiazole rings is 1. The molecule has 2 rings (SSSR count). The fourth-order valence-corrected chi connectivity index (χ4v) is 3.03. The van der Waals surface area contributed by atoms with Crippen molar-refractivity contribution in [1.29, 1.82) is 0 Å². The standard InChI is InChI=1S/C14H17ClN2O2S/c1-19-13-5-3-2-4-11(13)9-17(6-7-18)10-12-8-16-14(15)20-12/h2-5,8,18H,6-7,9-10H2,1H3. The zero-order valence-electron chi connectivity index (χ0n) is 11.3. The van der Waals surface area contributed by atoms with Crippen molar-refractivity contribution in [2.24, 2.45) is 0 Å². The van der Waals surface area contributed by atoms with E-state index in [1.165, 1.54) is 11.3 Å². The number of aromatic nitrogens is 1. The number of aliphatic hydroxyl groups is 1. The first kappa shape index (κ1) is 15.3. The third-order valence-corrected chi connectivity index (χ3v) is 4.01. The second kappa shape index (κ2) is 7.59. The number of rotatable bonds is 7. The van der Waals surface area contributed by atoms with Gasteiger partial charge in [0, 0.05) is 36.3 Å². The molecule has 4 nitrogen and oxygen atoms in total. The van der Waals surface area contributed by atoms with Gasteiger partial charge >= 0.3 is 0 Å². The van der Waals surface area contributed by atoms with E-state index in [2.05, 4.69) is 9.88 Å². The molecule has 1 heterocycles. The monoisotopic (exact) mass is 312 g/mol. The molecule has 0 saturated carbocycles. The van der Waals surface area contributed by atoms with Crippen LogP contribution in [-0.4, -0.2) is 35.3 Å². The highest BCUT2D eigenvalue weighted by Crippen LogP contribution is 2.23. The Morgan fingerprint density at radius 3 is 2.80 bits per heavy atom. The van der Waals surface area contributed by atoms with E-state index in [1.54, 1.807) is 13.3 Å². The molecule has 20 heavy (non-hydrogen) atoms. The van der Waals surface area contributed by atoms with E-state index in [0.29, 0.717) is 24.1 Å². The van der Waals surface area contributed by atoms with Crippen molar-refractivity contribution in [3.63, 3.8) is 0 Å². The number of benzene rings is 1. The molecule has 0 aliphatic heterocycles. The van der Waals surface area contributed by atoms with Gasteiger partial charge in [0.1, 0.15) is 5.75 Å². The van der Waals surface area contributed by atoms with Crippen LogP contribution < -0.4 is 4.74 Å². The highest BCUT2D eigenvalue weighted by Gasteiger charge is 2.11. The Kier molecular flexibility index (Phi) is 5.79. The predicted molar refractivity (Wildman–Crippen MR) is 81.3 cm³/mol. The number of methoxy groups -OCH3 is 1. The summed E-state index contributed by atoms with van der Waals surface area (Å²) < 4.78 is 5.90. The van der Waals surface area contributed by atoms with Gasteiger partial charge < -0.3 is 9.84 Å². The Balaban J connectivity index is 2.08. The first-order valence-corrected chi connectivity index (χ1v) is 7.47. The first-order valence-electron chi connectivity index (χ1n) is 6.28. The van der Waals surface area contributed by atoms with Crippen LogP contribution >= 0.6 is 22.9 Å². The molecule has 0 radical (unpaired) electrons. The van der Waals surface area contributed by atoms with Gasteiger partial charge in [-0.15, -0.1) is 11.3 Å². The summed E-state index contributed by atoms with van der Waals surface area (Å²) in [6.45, 7) is 2.12. The Labute approximate surface area is 127 Å². The van der Waals surface area contributed by atoms with Crippen LogP contribution in [0.1, 0.15) is 10.4 Å². The highest BCUT2D eigenvalue weighted by atomic mass is 35.5. The third kappa shape index (κ3) is 4.18. The molecule has 0 saturated heterocycles. The van der Waals surface area contributed by atoms with E-state index < -0.39 is 0 Å². The van der Waals surface area contributed by atoms with Crippen molar-refractivity contribution >= 4 is 22.9 Å². The summed E-state index contributed by atoms with van der Waals surface area (Å²) in [7, 11) is 1.66. The van der Waals surface area contributed by atoms with E-state index in [0.717, 1.165) is 16.2 Å². The Hall–Kier alpha value is -1.14. The second-order valence-corrected chi connectivity index (χ2v) is 6.02. The molecule has 108 valence electrons. The zero-order valence-corrected chi connectivity index (χ0v) is 12.8. The molecule has 0 spiro atoms. The molecule has 0 amide bonds. The maximum absolute atomic E-state index is 9.21. The summed E-state index contributed by atoms with van der Waals surface area (Å²) in [6.07, 6.45) is 1.78. The first-order chi connectivity index (χ1) is 9.72. The van der Waals surface area contributed by atoms with Gasteiger partial charge in [-0.25, -0.2) is 4.98 Å². The van der Waals surface area contributed by atoms with Crippen LogP contribution in [0, 0.1) is 0 Å². The number of halogens is 1. The summed E-state index contributed by atoms with van der Waals surface area (Å²) in [5.41, 5.74) is 1.10. The number of nitrogens with zero attached hydrogens (tertiary/aromatic N) is 2. The van der Waals surface area contributed by atoms with E-state index in [9.17, 15) is 5.11 Å². The molecule has 1 N–H and O–H groups in total. The van der Waals surface area contributed by atoms with Gasteiger partial charge in [0.2, 0.25) is 0 Å². The maximum Gasteiger partial charge on any atom is 0.183 e. The van der Waals surface area contributed by atoms with Crippen LogP contribution in [0.3, 0.4) is 0 Å². The van der Waals surface area contributed by atoms with Gasteiger partial charge in [-0.1, -0.05) is 29.8 Å². The molecule has 1 aromatic heterocycles. The molecule has 1 aromatic carbocycles. The summed E-state index contributed by atoms with van der Waals surface area (Å²) in [5.74, 6) is 0.859. The van der Waals surface area contributed by atoms with Crippen molar-refractivity contribution in [1.82, 2.24) is 9.88 Å². The van der Waals surface area contributed by atoms with E-state index in [1.807, 2.05) is 24.3 Å². The average molecular weight is 313 g/mol. The number of aliphatic hydroxyl groups excluding tert-OH is 1. The molecule has 0 bridgehead atoms. The smallest absolute Gasteiger partial charge is 0.183 e. The zero-order chi connectivity index (χ0) is 14.4. The summed E-state index contributed by atoms with van der Waals surface area (Å²) >= 11 is 7.31. The van der Waals surface area contributed by atoms with Crippen LogP contribution in [-0.2, 0) is 13.1 Å². The van der Waals surface area contributed by atoms with Crippen LogP contribution in [0.2, 0.25) is 4.47 Å². The van der Waals surface area contributed by atoms with Crippen molar-refractivity contribution in [2.75, 3.05) is 20.3 Å². The quantitative estimate of drug-likeness (QED) is 0.854. The number of hydrogen-bond acceptors (Lipinski definition) is 5. The number of para-hydroxylation sites is 1. The Morgan fingerprint density at radius 1 is 1.35 bits per heavy atom. The average Bonchev–Trinajstić information content (AvgIpc) is 2.85. The molecule has 0 aliphatic carbocycles. The largest absolute Gasteiger partial charge is 0.496 e. The molecule has 0 unspecified atom stereocenters. The minimum atomic E-state index is 0.113. The lowest BCUT2D eigenvalue weighted by molar-refractivity contribution is 0.184.